The third-order valence-electron chi connectivity index (χ3n) is 0.789. The molecule has 0 unspecified atom stereocenters. The van der Waals surface area contributed by atoms with Gasteiger partial charge in [-0.2, -0.15) is 0 Å². The second kappa shape index (κ2) is 2.94. The molecule has 0 fully saturated rings. The topological polar surface area (TPSA) is 0 Å². The molecule has 0 radical (unpaired) electrons. The number of rotatable bonds is 0. The first-order valence-corrected chi connectivity index (χ1v) is 2.33. The summed E-state index contributed by atoms with van der Waals surface area (Å²) in [5.74, 6) is 4.79. The van der Waals surface area contributed by atoms with Gasteiger partial charge in [0.05, 0.1) is 5.57 Å². The summed E-state index contributed by atoms with van der Waals surface area (Å²) in [6.07, 6.45) is 10.1. The number of allylic oxidation sites excluding steroid dienone is 2. The van der Waals surface area contributed by atoms with Gasteiger partial charge in [0.15, 0.2) is 0 Å². The van der Waals surface area contributed by atoms with Crippen LogP contribution in [-0.4, -0.2) is 0 Å². The van der Waals surface area contributed by atoms with Crippen molar-refractivity contribution >= 4 is 0 Å². The maximum Gasteiger partial charge on any atom is 0.0725 e. The van der Waals surface area contributed by atoms with Gasteiger partial charge in [-0.3, -0.25) is 0 Å². The van der Waals surface area contributed by atoms with Gasteiger partial charge in [-0.15, -0.1) is 12.8 Å². The molecule has 0 aliphatic heterocycles. The standard InChI is InChI=1S/C8H8/c1-5-8(6-2)7(3)4/h1-2H,3-4H3. The highest BCUT2D eigenvalue weighted by molar-refractivity contribution is 5.43. The predicted octanol–water partition coefficient (Wildman–Crippen LogP) is 1.59. The van der Waals surface area contributed by atoms with Gasteiger partial charge in [-0.1, -0.05) is 17.4 Å². The van der Waals surface area contributed by atoms with Gasteiger partial charge >= 0.3 is 0 Å². The summed E-state index contributed by atoms with van der Waals surface area (Å²) in [6, 6.07) is 0. The second-order valence-electron chi connectivity index (χ2n) is 1.66. The van der Waals surface area contributed by atoms with Crippen LogP contribution in [0.1, 0.15) is 13.8 Å². The Balaban J connectivity index is 4.47. The van der Waals surface area contributed by atoms with Crippen molar-refractivity contribution in [1.29, 1.82) is 0 Å². The summed E-state index contributed by atoms with van der Waals surface area (Å²) in [6.45, 7) is 3.80. The lowest BCUT2D eigenvalue weighted by atomic mass is 10.2. The molecule has 0 aromatic rings. The Labute approximate surface area is 50.6 Å². The van der Waals surface area contributed by atoms with E-state index in [0.29, 0.717) is 5.57 Å². The minimum atomic E-state index is 0.657. The molecule has 0 amide bonds. The Morgan fingerprint density at radius 1 is 1.12 bits per heavy atom. The van der Waals surface area contributed by atoms with Crippen LogP contribution in [0.4, 0.5) is 0 Å². The lowest BCUT2D eigenvalue weighted by molar-refractivity contribution is 1.37. The van der Waals surface area contributed by atoms with Crippen LogP contribution >= 0.6 is 0 Å². The highest BCUT2D eigenvalue weighted by Gasteiger charge is 1.84. The van der Waals surface area contributed by atoms with Gasteiger partial charge in [0, 0.05) is 0 Å². The zero-order valence-corrected chi connectivity index (χ0v) is 5.15. The maximum atomic E-state index is 5.03. The van der Waals surface area contributed by atoms with Crippen molar-refractivity contribution in [3.8, 4) is 24.7 Å². The molecule has 0 aliphatic rings. The maximum absolute atomic E-state index is 5.03. The molecule has 8 heavy (non-hydrogen) atoms. The van der Waals surface area contributed by atoms with E-state index >= 15 is 0 Å². The van der Waals surface area contributed by atoms with Crippen LogP contribution in [0.15, 0.2) is 11.1 Å². The number of hydrogen-bond donors (Lipinski definition) is 0. The minimum absolute atomic E-state index is 0.657. The Morgan fingerprint density at radius 2 is 1.50 bits per heavy atom. The molecule has 0 aromatic carbocycles. The Bertz CT molecular complexity index is 161. The Hall–Kier alpha value is -1.14. The van der Waals surface area contributed by atoms with Crippen molar-refractivity contribution in [2.45, 2.75) is 13.8 Å². The van der Waals surface area contributed by atoms with Crippen molar-refractivity contribution < 1.29 is 0 Å². The third-order valence-corrected chi connectivity index (χ3v) is 0.789. The van der Waals surface area contributed by atoms with Gasteiger partial charge in [0.25, 0.3) is 0 Å². The monoisotopic (exact) mass is 104 g/mol. The summed E-state index contributed by atoms with van der Waals surface area (Å²) >= 11 is 0. The lowest BCUT2D eigenvalue weighted by Gasteiger charge is -1.86. The molecule has 0 aliphatic carbocycles. The van der Waals surface area contributed by atoms with Crippen molar-refractivity contribution in [2.24, 2.45) is 0 Å². The zero-order chi connectivity index (χ0) is 6.57. The van der Waals surface area contributed by atoms with E-state index in [-0.39, 0.29) is 0 Å². The van der Waals surface area contributed by atoms with Gasteiger partial charge in [-0.25, -0.2) is 0 Å². The molecule has 0 heterocycles. The fourth-order valence-electron chi connectivity index (χ4n) is 0.330. The lowest BCUT2D eigenvalue weighted by Crippen LogP contribution is -1.74. The Morgan fingerprint density at radius 3 is 1.50 bits per heavy atom. The summed E-state index contributed by atoms with van der Waals surface area (Å²) < 4.78 is 0. The molecule has 0 atom stereocenters. The van der Waals surface area contributed by atoms with Gasteiger partial charge in [-0.05, 0) is 13.8 Å². The first kappa shape index (κ1) is 6.86. The first-order valence-electron chi connectivity index (χ1n) is 2.33. The smallest absolute Gasteiger partial charge is 0.0725 e. The predicted molar refractivity (Wildman–Crippen MR) is 36.0 cm³/mol. The minimum Gasteiger partial charge on any atom is -0.114 e. The summed E-state index contributed by atoms with van der Waals surface area (Å²) in [5, 5.41) is 0. The number of terminal acetylenes is 2. The highest BCUT2D eigenvalue weighted by atomic mass is 13.9. The first-order chi connectivity index (χ1) is 3.72. The van der Waals surface area contributed by atoms with E-state index in [2.05, 4.69) is 11.8 Å². The molecular formula is C8H8. The highest BCUT2D eigenvalue weighted by Crippen LogP contribution is 1.97. The van der Waals surface area contributed by atoms with Crippen LogP contribution in [0.5, 0.6) is 0 Å². The van der Waals surface area contributed by atoms with E-state index in [9.17, 15) is 0 Å². The number of hydrogen-bond acceptors (Lipinski definition) is 0. The van der Waals surface area contributed by atoms with Crippen LogP contribution in [0, 0.1) is 24.7 Å². The Kier molecular flexibility index (Phi) is 2.52. The van der Waals surface area contributed by atoms with Crippen LogP contribution in [-0.2, 0) is 0 Å². The molecule has 0 spiro atoms. The molecule has 0 saturated heterocycles. The quantitative estimate of drug-likeness (QED) is 0.409. The second-order valence-corrected chi connectivity index (χ2v) is 1.66. The van der Waals surface area contributed by atoms with E-state index in [1.165, 1.54) is 0 Å². The molecule has 0 N–H and O–H groups in total. The van der Waals surface area contributed by atoms with Gasteiger partial charge in [0.2, 0.25) is 0 Å². The SMILES string of the molecule is C#CC(C#C)=C(C)C. The average Bonchev–Trinajstić information content (AvgIpc) is 1.69. The van der Waals surface area contributed by atoms with Crippen LogP contribution in [0.2, 0.25) is 0 Å². The molecule has 0 aromatic heterocycles. The molecule has 0 nitrogen and oxygen atoms in total. The molecule has 0 heteroatoms. The van der Waals surface area contributed by atoms with E-state index in [1.54, 1.807) is 0 Å². The van der Waals surface area contributed by atoms with Gasteiger partial charge < -0.3 is 0 Å². The zero-order valence-electron chi connectivity index (χ0n) is 5.15. The van der Waals surface area contributed by atoms with E-state index in [1.807, 2.05) is 13.8 Å². The largest absolute Gasteiger partial charge is 0.114 e. The molecule has 0 bridgehead atoms. The molecule has 40 valence electrons. The normalized spacial score (nSPS) is 6.50. The van der Waals surface area contributed by atoms with Crippen LogP contribution in [0.3, 0.4) is 0 Å². The van der Waals surface area contributed by atoms with E-state index in [4.69, 9.17) is 12.8 Å². The molecule has 0 rings (SSSR count). The summed E-state index contributed by atoms with van der Waals surface area (Å²) in [7, 11) is 0. The van der Waals surface area contributed by atoms with Crippen molar-refractivity contribution in [1.82, 2.24) is 0 Å². The fourth-order valence-corrected chi connectivity index (χ4v) is 0.330. The summed E-state index contributed by atoms with van der Waals surface area (Å²) in [4.78, 5) is 0. The van der Waals surface area contributed by atoms with E-state index < -0.39 is 0 Å². The van der Waals surface area contributed by atoms with Gasteiger partial charge in [0.1, 0.15) is 0 Å². The van der Waals surface area contributed by atoms with Crippen LogP contribution < -0.4 is 0 Å². The third kappa shape index (κ3) is 1.54. The molecule has 0 saturated carbocycles. The molecular weight excluding hydrogens is 96.1 g/mol. The van der Waals surface area contributed by atoms with Crippen molar-refractivity contribution in [3.63, 3.8) is 0 Å². The summed E-state index contributed by atoms with van der Waals surface area (Å²) in [5.41, 5.74) is 1.68. The fraction of sp³-hybridized carbons (Fsp3) is 0.250. The van der Waals surface area contributed by atoms with Crippen LogP contribution in [0.25, 0.3) is 0 Å². The van der Waals surface area contributed by atoms with Crippen molar-refractivity contribution in [3.05, 3.63) is 11.1 Å². The average molecular weight is 104 g/mol. The van der Waals surface area contributed by atoms with Crippen molar-refractivity contribution in [2.75, 3.05) is 0 Å². The van der Waals surface area contributed by atoms with E-state index in [0.717, 1.165) is 5.57 Å².